The van der Waals surface area contributed by atoms with E-state index in [9.17, 15) is 18.3 Å². The highest BCUT2D eigenvalue weighted by molar-refractivity contribution is 7.90. The Labute approximate surface area is 280 Å². The summed E-state index contributed by atoms with van der Waals surface area (Å²) in [5.41, 5.74) is 4.23. The van der Waals surface area contributed by atoms with Gasteiger partial charge in [0, 0.05) is 29.1 Å². The number of aryl methyl sites for hydroxylation is 1. The van der Waals surface area contributed by atoms with Crippen LogP contribution in [0.25, 0.3) is 0 Å². The summed E-state index contributed by atoms with van der Waals surface area (Å²) >= 11 is 7.93. The third-order valence-electron chi connectivity index (χ3n) is 10.8. The van der Waals surface area contributed by atoms with Gasteiger partial charge in [-0.3, -0.25) is 4.79 Å². The number of nitrogens with zero attached hydrogens (tertiary/aromatic N) is 1. The lowest BCUT2D eigenvalue weighted by atomic mass is 9.68. The van der Waals surface area contributed by atoms with Gasteiger partial charge in [-0.25, -0.2) is 13.1 Å². The molecule has 1 saturated carbocycles. The molecule has 46 heavy (non-hydrogen) atoms. The highest BCUT2D eigenvalue weighted by Gasteiger charge is 2.44. The summed E-state index contributed by atoms with van der Waals surface area (Å²) in [6, 6.07) is 13.4. The molecule has 2 aliphatic heterocycles. The van der Waals surface area contributed by atoms with Crippen LogP contribution in [0.2, 0.25) is 5.02 Å². The van der Waals surface area contributed by atoms with Gasteiger partial charge in [0.2, 0.25) is 10.0 Å². The molecule has 2 aliphatic carbocycles. The van der Waals surface area contributed by atoms with Crippen LogP contribution in [0.5, 0.6) is 5.75 Å². The van der Waals surface area contributed by atoms with Crippen molar-refractivity contribution in [2.45, 2.75) is 68.6 Å². The number of rotatable bonds is 2. The summed E-state index contributed by atoms with van der Waals surface area (Å²) in [6.45, 7) is 3.79. The topological polar surface area (TPSA) is 95.9 Å². The number of allylic oxidation sites excluding steroid dienone is 1. The van der Waals surface area contributed by atoms with Gasteiger partial charge in [0.05, 0.1) is 23.6 Å². The van der Waals surface area contributed by atoms with Gasteiger partial charge in [0.25, 0.3) is 5.91 Å². The number of halogens is 1. The fourth-order valence-electron chi connectivity index (χ4n) is 8.06. The molecule has 7 nitrogen and oxygen atoms in total. The maximum atomic E-state index is 13.9. The smallest absolute Gasteiger partial charge is 0.264 e. The van der Waals surface area contributed by atoms with Gasteiger partial charge in [-0.1, -0.05) is 36.7 Å². The van der Waals surface area contributed by atoms with Crippen molar-refractivity contribution in [1.82, 2.24) is 4.72 Å². The number of carbonyl (C=O) groups is 1. The molecule has 2 aromatic carbocycles. The third-order valence-corrected chi connectivity index (χ3v) is 13.7. The molecule has 1 spiro atoms. The molecule has 2 N–H and O–H groups in total. The number of hydrogen-bond acceptors (Lipinski definition) is 7. The fraction of sp³-hybridized carbons (Fsp3) is 0.472. The van der Waals surface area contributed by atoms with Crippen LogP contribution in [0.15, 0.2) is 65.4 Å². The second-order valence-corrected chi connectivity index (χ2v) is 16.9. The number of sulfonamides is 1. The number of ether oxygens (including phenoxy) is 1. The van der Waals surface area contributed by atoms with E-state index < -0.39 is 27.3 Å². The normalized spacial score (nSPS) is 31.4. The van der Waals surface area contributed by atoms with Gasteiger partial charge < -0.3 is 14.7 Å². The summed E-state index contributed by atoms with van der Waals surface area (Å²) in [5, 5.41) is 15.1. The number of fused-ring (bicyclic) bond motifs is 4. The summed E-state index contributed by atoms with van der Waals surface area (Å²) in [5.74, 6) is 0.141. The largest absolute Gasteiger partial charge is 0.490 e. The predicted octanol–water partition coefficient (Wildman–Crippen LogP) is 6.53. The van der Waals surface area contributed by atoms with Crippen LogP contribution >= 0.6 is 22.9 Å². The average molecular weight is 681 g/mol. The first-order valence-corrected chi connectivity index (χ1v) is 19.2. The Morgan fingerprint density at radius 1 is 1.17 bits per heavy atom. The molecule has 2 bridgehead atoms. The van der Waals surface area contributed by atoms with Crippen LogP contribution < -0.4 is 14.4 Å². The van der Waals surface area contributed by atoms with E-state index in [1.54, 1.807) is 18.2 Å². The summed E-state index contributed by atoms with van der Waals surface area (Å²) < 4.78 is 36.7. The van der Waals surface area contributed by atoms with Gasteiger partial charge in [-0.2, -0.15) is 11.3 Å². The predicted molar refractivity (Wildman–Crippen MR) is 184 cm³/mol. The molecule has 6 atom stereocenters. The molecule has 7 rings (SSSR count). The zero-order chi connectivity index (χ0) is 32.1. The van der Waals surface area contributed by atoms with Crippen LogP contribution in [0.3, 0.4) is 0 Å². The molecule has 0 saturated heterocycles. The number of anilines is 1. The zero-order valence-corrected chi connectivity index (χ0v) is 28.4. The Bertz CT molecular complexity index is 1740. The minimum Gasteiger partial charge on any atom is -0.490 e. The van der Waals surface area contributed by atoms with Gasteiger partial charge in [0.1, 0.15) is 5.75 Å². The molecular weight excluding hydrogens is 640 g/mol. The highest BCUT2D eigenvalue weighted by Crippen LogP contribution is 2.47. The zero-order valence-electron chi connectivity index (χ0n) is 26.0. The van der Waals surface area contributed by atoms with Gasteiger partial charge in [0.15, 0.2) is 0 Å². The first kappa shape index (κ1) is 31.7. The lowest BCUT2D eigenvalue weighted by Gasteiger charge is -2.45. The molecule has 3 aromatic rings. The molecule has 1 aromatic heterocycles. The number of aliphatic hydroxyl groups is 1. The van der Waals surface area contributed by atoms with E-state index in [0.29, 0.717) is 38.3 Å². The van der Waals surface area contributed by atoms with Crippen molar-refractivity contribution in [3.8, 4) is 5.75 Å². The second kappa shape index (κ2) is 12.6. The number of benzene rings is 2. The number of hydrogen-bond donors (Lipinski definition) is 2. The van der Waals surface area contributed by atoms with Gasteiger partial charge >= 0.3 is 0 Å². The van der Waals surface area contributed by atoms with E-state index in [0.717, 1.165) is 48.4 Å². The Balaban J connectivity index is 1.28. The van der Waals surface area contributed by atoms with Crippen LogP contribution in [0, 0.1) is 17.8 Å². The molecule has 0 radical (unpaired) electrons. The van der Waals surface area contributed by atoms with Crippen LogP contribution in [0.1, 0.15) is 66.1 Å². The minimum atomic E-state index is -4.04. The van der Waals surface area contributed by atoms with Gasteiger partial charge in [-0.05, 0) is 127 Å². The second-order valence-electron chi connectivity index (χ2n) is 13.8. The lowest BCUT2D eigenvalue weighted by Crippen LogP contribution is -2.49. The number of carbonyl (C=O) groups excluding carboxylic acids is 1. The average Bonchev–Trinajstić information content (AvgIpc) is 3.47. The van der Waals surface area contributed by atoms with E-state index in [1.807, 2.05) is 42.0 Å². The molecule has 10 heteroatoms. The van der Waals surface area contributed by atoms with E-state index in [1.165, 1.54) is 22.5 Å². The van der Waals surface area contributed by atoms with Crippen LogP contribution in [0.4, 0.5) is 5.69 Å². The van der Waals surface area contributed by atoms with E-state index in [2.05, 4.69) is 21.8 Å². The monoisotopic (exact) mass is 680 g/mol. The minimum absolute atomic E-state index is 0.109. The van der Waals surface area contributed by atoms with Crippen molar-refractivity contribution in [2.24, 2.45) is 17.8 Å². The van der Waals surface area contributed by atoms with Crippen LogP contribution in [-0.2, 0) is 28.3 Å². The number of amides is 1. The van der Waals surface area contributed by atoms with Crippen LogP contribution in [-0.4, -0.2) is 50.5 Å². The molecule has 3 heterocycles. The van der Waals surface area contributed by atoms with Crippen molar-refractivity contribution in [3.63, 3.8) is 0 Å². The fourth-order valence-corrected chi connectivity index (χ4v) is 10.6. The Morgan fingerprint density at radius 3 is 2.83 bits per heavy atom. The Hall–Kier alpha value is -2.85. The lowest BCUT2D eigenvalue weighted by molar-refractivity contribution is 0.0456. The molecule has 1 fully saturated rings. The number of aliphatic hydroxyl groups excluding tert-OH is 1. The first-order valence-electron chi connectivity index (χ1n) is 16.3. The summed E-state index contributed by atoms with van der Waals surface area (Å²) in [7, 11) is -4.04. The molecule has 0 unspecified atom stereocenters. The van der Waals surface area contributed by atoms with Crippen molar-refractivity contribution in [2.75, 3.05) is 24.6 Å². The van der Waals surface area contributed by atoms with Crippen molar-refractivity contribution in [3.05, 3.63) is 92.7 Å². The Morgan fingerprint density at radius 2 is 2.04 bits per heavy atom. The molecule has 1 amide bonds. The van der Waals surface area contributed by atoms with Gasteiger partial charge in [-0.15, -0.1) is 0 Å². The standard InChI is InChI=1S/C36H41ClN2O5S2/c1-23-4-2-6-32(40)29-10-7-27(29)19-39-21-36(14-3-5-25-17-28(37)9-11-30(25)36)22-44-33-12-8-26(18-31(33)39)35(41)38-46(42,43)34(23)16-24-13-15-45-20-24/h2,6,8-9,11-13,15,17-18,20,23,27,29,32,34,40H,3-5,7,10,14,16,19,21-22H2,1H3,(H,38,41)/b6-2+/t23-,27+,29-,32+,34-,36+/m1/s1. The third kappa shape index (κ3) is 6.12. The van der Waals surface area contributed by atoms with E-state index >= 15 is 0 Å². The van der Waals surface area contributed by atoms with Crippen molar-refractivity contribution < 1.29 is 23.1 Å². The first-order chi connectivity index (χ1) is 22.1. The Kier molecular flexibility index (Phi) is 8.72. The SMILES string of the molecule is C[C@@H]1C/C=C/[C@H](O)[C@@H]2CC[C@H]2CN2C[C@@]3(CCCc4cc(Cl)ccc43)COc3ccc(cc32)C(=O)NS(=O)(=O)[C@@H]1Cc1ccsc1. The molecule has 244 valence electrons. The molecular formula is C36H41ClN2O5S2. The summed E-state index contributed by atoms with van der Waals surface area (Å²) in [6.07, 6.45) is 8.85. The van der Waals surface area contributed by atoms with E-state index in [-0.39, 0.29) is 28.7 Å². The van der Waals surface area contributed by atoms with Crippen molar-refractivity contribution >= 4 is 44.6 Å². The maximum Gasteiger partial charge on any atom is 0.264 e. The molecule has 4 aliphatic rings. The van der Waals surface area contributed by atoms with Crippen molar-refractivity contribution in [1.29, 1.82) is 0 Å². The number of nitrogens with one attached hydrogen (secondary N) is 1. The highest BCUT2D eigenvalue weighted by atomic mass is 35.5. The number of thiophene rings is 1. The maximum absolute atomic E-state index is 13.9. The van der Waals surface area contributed by atoms with E-state index in [4.69, 9.17) is 16.3 Å². The summed E-state index contributed by atoms with van der Waals surface area (Å²) in [4.78, 5) is 16.0. The quantitative estimate of drug-likeness (QED) is 0.299.